The first kappa shape index (κ1) is 18.8. The van der Waals surface area contributed by atoms with Gasteiger partial charge >= 0.3 is 0 Å². The lowest BCUT2D eigenvalue weighted by molar-refractivity contribution is 0.189. The molecule has 0 spiro atoms. The van der Waals surface area contributed by atoms with E-state index < -0.39 is 0 Å². The Labute approximate surface area is 161 Å². The van der Waals surface area contributed by atoms with E-state index in [0.717, 1.165) is 32.0 Å². The standard InChI is InChI=1S/C17H26N6.HI/c1-14-4-8-22(12-16(14)23-9-6-19-13-23)17(18-2)20-10-15-5-7-21(3)11-15;/h5-7,9,11,13-14,16H,4,8,10,12H2,1-3H3,(H,18,20);1H. The van der Waals surface area contributed by atoms with E-state index in [1.54, 1.807) is 0 Å². The van der Waals surface area contributed by atoms with Gasteiger partial charge in [-0.05, 0) is 24.0 Å². The molecule has 0 aromatic carbocycles. The molecule has 1 fully saturated rings. The molecule has 7 heteroatoms. The van der Waals surface area contributed by atoms with Gasteiger partial charge in [0.15, 0.2) is 5.96 Å². The smallest absolute Gasteiger partial charge is 0.193 e. The van der Waals surface area contributed by atoms with E-state index in [2.05, 4.69) is 60.9 Å². The Kier molecular flexibility index (Phi) is 6.70. The van der Waals surface area contributed by atoms with Gasteiger partial charge in [0.1, 0.15) is 0 Å². The van der Waals surface area contributed by atoms with Crippen LogP contribution in [-0.2, 0) is 13.6 Å². The minimum Gasteiger partial charge on any atom is -0.357 e. The van der Waals surface area contributed by atoms with Crippen LogP contribution in [0.15, 0.2) is 42.2 Å². The summed E-state index contributed by atoms with van der Waals surface area (Å²) in [5.41, 5.74) is 1.27. The Morgan fingerprint density at radius 3 is 2.88 bits per heavy atom. The van der Waals surface area contributed by atoms with Crippen molar-refractivity contribution >= 4 is 29.9 Å². The van der Waals surface area contributed by atoms with Gasteiger partial charge < -0.3 is 19.4 Å². The summed E-state index contributed by atoms with van der Waals surface area (Å²) in [6, 6.07) is 2.58. The Morgan fingerprint density at radius 1 is 1.42 bits per heavy atom. The zero-order valence-electron chi connectivity index (χ0n) is 14.6. The van der Waals surface area contributed by atoms with Crippen molar-refractivity contribution in [3.05, 3.63) is 42.7 Å². The highest BCUT2D eigenvalue weighted by Crippen LogP contribution is 2.27. The Morgan fingerprint density at radius 2 is 2.25 bits per heavy atom. The van der Waals surface area contributed by atoms with Gasteiger partial charge in [0, 0.05) is 58.5 Å². The summed E-state index contributed by atoms with van der Waals surface area (Å²) in [7, 11) is 3.90. The Balaban J connectivity index is 0.00000208. The maximum absolute atomic E-state index is 4.47. The number of guanidine groups is 1. The first-order valence-corrected chi connectivity index (χ1v) is 8.21. The molecule has 0 radical (unpaired) electrons. The van der Waals surface area contributed by atoms with Crippen LogP contribution in [0.5, 0.6) is 0 Å². The molecule has 3 heterocycles. The molecule has 0 amide bonds. The number of aryl methyl sites for hydroxylation is 1. The number of imidazole rings is 1. The molecule has 2 aromatic rings. The van der Waals surface area contributed by atoms with Crippen molar-refractivity contribution in [2.75, 3.05) is 20.1 Å². The maximum Gasteiger partial charge on any atom is 0.193 e. The van der Waals surface area contributed by atoms with Gasteiger partial charge in [-0.25, -0.2) is 4.98 Å². The highest BCUT2D eigenvalue weighted by Gasteiger charge is 2.28. The molecular weight excluding hydrogens is 415 g/mol. The van der Waals surface area contributed by atoms with E-state index in [1.807, 2.05) is 26.6 Å². The number of aliphatic imine (C=N–C) groups is 1. The van der Waals surface area contributed by atoms with Crippen molar-refractivity contribution in [2.24, 2.45) is 18.0 Å². The van der Waals surface area contributed by atoms with Crippen LogP contribution in [0.4, 0.5) is 0 Å². The lowest BCUT2D eigenvalue weighted by Crippen LogP contribution is -2.48. The van der Waals surface area contributed by atoms with Gasteiger partial charge in [-0.15, -0.1) is 24.0 Å². The van der Waals surface area contributed by atoms with Gasteiger partial charge in [0.25, 0.3) is 0 Å². The highest BCUT2D eigenvalue weighted by molar-refractivity contribution is 14.0. The fourth-order valence-electron chi connectivity index (χ4n) is 3.27. The lowest BCUT2D eigenvalue weighted by Gasteiger charge is -2.39. The van der Waals surface area contributed by atoms with Crippen LogP contribution in [-0.4, -0.2) is 45.1 Å². The molecule has 6 nitrogen and oxygen atoms in total. The molecule has 1 N–H and O–H groups in total. The summed E-state index contributed by atoms with van der Waals surface area (Å²) in [4.78, 5) is 11.0. The number of rotatable bonds is 3. The summed E-state index contributed by atoms with van der Waals surface area (Å²) < 4.78 is 4.29. The SMILES string of the molecule is CN=C(NCc1ccn(C)c1)N1CCC(C)C(n2ccnc2)C1.I. The highest BCUT2D eigenvalue weighted by atomic mass is 127. The van der Waals surface area contributed by atoms with Crippen molar-refractivity contribution < 1.29 is 0 Å². The molecule has 0 aliphatic carbocycles. The van der Waals surface area contributed by atoms with Gasteiger partial charge in [0.05, 0.1) is 12.4 Å². The third-order valence-electron chi connectivity index (χ3n) is 4.68. The third kappa shape index (κ3) is 4.31. The van der Waals surface area contributed by atoms with E-state index in [0.29, 0.717) is 12.0 Å². The van der Waals surface area contributed by atoms with E-state index in [9.17, 15) is 0 Å². The number of hydrogen-bond acceptors (Lipinski definition) is 2. The second-order valence-electron chi connectivity index (χ2n) is 6.38. The average molecular weight is 442 g/mol. The molecule has 24 heavy (non-hydrogen) atoms. The fourth-order valence-corrected chi connectivity index (χ4v) is 3.27. The first-order chi connectivity index (χ1) is 11.2. The zero-order valence-corrected chi connectivity index (χ0v) is 16.9. The normalized spacial score (nSPS) is 21.5. The molecular formula is C17H27IN6. The summed E-state index contributed by atoms with van der Waals surface area (Å²) >= 11 is 0. The Bertz CT molecular complexity index is 648. The molecule has 2 atom stereocenters. The summed E-state index contributed by atoms with van der Waals surface area (Å²) in [6.07, 6.45) is 11.2. The topological polar surface area (TPSA) is 50.4 Å². The number of aromatic nitrogens is 3. The molecule has 132 valence electrons. The van der Waals surface area contributed by atoms with Gasteiger partial charge in [0.2, 0.25) is 0 Å². The third-order valence-corrected chi connectivity index (χ3v) is 4.68. The minimum absolute atomic E-state index is 0. The van der Waals surface area contributed by atoms with E-state index in [1.165, 1.54) is 5.56 Å². The van der Waals surface area contributed by atoms with Crippen molar-refractivity contribution in [1.82, 2.24) is 24.3 Å². The monoisotopic (exact) mass is 442 g/mol. The number of likely N-dealkylation sites (tertiary alicyclic amines) is 1. The first-order valence-electron chi connectivity index (χ1n) is 8.21. The second-order valence-corrected chi connectivity index (χ2v) is 6.38. The quantitative estimate of drug-likeness (QED) is 0.452. The van der Waals surface area contributed by atoms with Crippen LogP contribution in [0.3, 0.4) is 0 Å². The van der Waals surface area contributed by atoms with Crippen LogP contribution in [0.1, 0.15) is 24.9 Å². The molecule has 0 saturated carbocycles. The number of hydrogen-bond donors (Lipinski definition) is 1. The number of piperidine rings is 1. The van der Waals surface area contributed by atoms with Crippen molar-refractivity contribution in [1.29, 1.82) is 0 Å². The van der Waals surface area contributed by atoms with Gasteiger partial charge in [-0.3, -0.25) is 4.99 Å². The van der Waals surface area contributed by atoms with Crippen molar-refractivity contribution in [2.45, 2.75) is 25.9 Å². The van der Waals surface area contributed by atoms with E-state index in [-0.39, 0.29) is 24.0 Å². The van der Waals surface area contributed by atoms with Crippen LogP contribution in [0.2, 0.25) is 0 Å². The summed E-state index contributed by atoms with van der Waals surface area (Å²) in [5.74, 6) is 1.62. The fraction of sp³-hybridized carbons (Fsp3) is 0.529. The molecule has 2 aromatic heterocycles. The van der Waals surface area contributed by atoms with Crippen molar-refractivity contribution in [3.8, 4) is 0 Å². The zero-order chi connectivity index (χ0) is 16.2. The largest absolute Gasteiger partial charge is 0.357 e. The predicted molar refractivity (Wildman–Crippen MR) is 108 cm³/mol. The van der Waals surface area contributed by atoms with Crippen LogP contribution >= 0.6 is 24.0 Å². The lowest BCUT2D eigenvalue weighted by atomic mass is 9.93. The van der Waals surface area contributed by atoms with Crippen molar-refractivity contribution in [3.63, 3.8) is 0 Å². The van der Waals surface area contributed by atoms with E-state index >= 15 is 0 Å². The van der Waals surface area contributed by atoms with Crippen LogP contribution in [0.25, 0.3) is 0 Å². The molecule has 1 saturated heterocycles. The molecule has 1 aliphatic heterocycles. The summed E-state index contributed by atoms with van der Waals surface area (Å²) in [6.45, 7) is 5.13. The van der Waals surface area contributed by atoms with Gasteiger partial charge in [-0.2, -0.15) is 0 Å². The molecule has 0 bridgehead atoms. The molecule has 1 aliphatic rings. The number of halogens is 1. The minimum atomic E-state index is 0. The Hall–Kier alpha value is -1.51. The predicted octanol–water partition coefficient (Wildman–Crippen LogP) is 2.50. The summed E-state index contributed by atoms with van der Waals surface area (Å²) in [5, 5.41) is 3.49. The number of nitrogens with zero attached hydrogens (tertiary/aromatic N) is 5. The van der Waals surface area contributed by atoms with E-state index in [4.69, 9.17) is 0 Å². The van der Waals surface area contributed by atoms with Crippen LogP contribution in [0, 0.1) is 5.92 Å². The molecule has 2 unspecified atom stereocenters. The maximum atomic E-state index is 4.47. The number of nitrogens with one attached hydrogen (secondary N) is 1. The van der Waals surface area contributed by atoms with Gasteiger partial charge in [-0.1, -0.05) is 6.92 Å². The molecule has 3 rings (SSSR count). The van der Waals surface area contributed by atoms with Crippen LogP contribution < -0.4 is 5.32 Å². The average Bonchev–Trinajstić information content (AvgIpc) is 3.21. The second kappa shape index (κ2) is 8.55.